The summed E-state index contributed by atoms with van der Waals surface area (Å²) in [5, 5.41) is 0. The first-order chi connectivity index (χ1) is 10.7. The maximum Gasteiger partial charge on any atom is 0.129 e. The molecule has 0 atom stereocenters. The first kappa shape index (κ1) is 17.8. The third kappa shape index (κ3) is 5.27. The Hall–Kier alpha value is -2.24. The van der Waals surface area contributed by atoms with Crippen LogP contribution in [0.5, 0.6) is 11.5 Å². The molecule has 2 aromatic carbocycles. The fourth-order valence-corrected chi connectivity index (χ4v) is 1.69. The van der Waals surface area contributed by atoms with Gasteiger partial charge in [-0.2, -0.15) is 0 Å². The van der Waals surface area contributed by atoms with Gasteiger partial charge < -0.3 is 9.47 Å². The van der Waals surface area contributed by atoms with E-state index in [1.165, 1.54) is 0 Å². The van der Waals surface area contributed by atoms with Crippen LogP contribution in [0.15, 0.2) is 60.1 Å². The predicted octanol–water partition coefficient (Wildman–Crippen LogP) is 4.13. The van der Waals surface area contributed by atoms with Crippen LogP contribution >= 0.6 is 12.8 Å². The molecule has 0 saturated heterocycles. The van der Waals surface area contributed by atoms with Gasteiger partial charge >= 0.3 is 0 Å². The minimum atomic E-state index is 0.524. The van der Waals surface area contributed by atoms with Crippen LogP contribution in [0.2, 0.25) is 0 Å². The summed E-state index contributed by atoms with van der Waals surface area (Å²) in [5.74, 6) is 1.98. The van der Waals surface area contributed by atoms with Crippen molar-refractivity contribution in [2.45, 2.75) is 0 Å². The molecule has 0 radical (unpaired) electrons. The lowest BCUT2D eigenvalue weighted by atomic mass is 10.1. The molecule has 0 aromatic heterocycles. The molecule has 0 unspecified atom stereocenters. The highest BCUT2D eigenvalue weighted by molar-refractivity contribution is 7.78. The van der Waals surface area contributed by atoms with E-state index in [0.717, 1.165) is 17.1 Å². The first-order valence-corrected chi connectivity index (χ1v) is 6.98. The lowest BCUT2D eigenvalue weighted by Crippen LogP contribution is -1.94. The van der Waals surface area contributed by atoms with Crippen molar-refractivity contribution in [2.75, 3.05) is 14.2 Å². The number of thiol groups is 1. The van der Waals surface area contributed by atoms with Gasteiger partial charge in [-0.15, -0.1) is 0 Å². The van der Waals surface area contributed by atoms with Gasteiger partial charge in [0.25, 0.3) is 0 Å². The average Bonchev–Trinajstić information content (AvgIpc) is 2.55. The number of benzene rings is 2. The van der Waals surface area contributed by atoms with Crippen molar-refractivity contribution < 1.29 is 9.47 Å². The quantitative estimate of drug-likeness (QED) is 0.495. The van der Waals surface area contributed by atoms with E-state index < -0.39 is 0 Å². The molecule has 0 heterocycles. The molecule has 0 aliphatic rings. The molecule has 0 aliphatic heterocycles. The van der Waals surface area contributed by atoms with E-state index in [1.807, 2.05) is 42.5 Å². The fraction of sp³-hybridized carbons (Fsp3) is 0.118. The van der Waals surface area contributed by atoms with E-state index >= 15 is 0 Å². The summed E-state index contributed by atoms with van der Waals surface area (Å²) in [7, 11) is 3.35. The van der Waals surface area contributed by atoms with Gasteiger partial charge in [-0.25, -0.2) is 0 Å². The van der Waals surface area contributed by atoms with Crippen LogP contribution in [0, 0.1) is 0 Å². The van der Waals surface area contributed by atoms with E-state index in [4.69, 9.17) is 9.47 Å². The molecule has 22 heavy (non-hydrogen) atoms. The van der Waals surface area contributed by atoms with Crippen LogP contribution < -0.4 is 14.2 Å². The van der Waals surface area contributed by atoms with Crippen molar-refractivity contribution in [1.29, 1.82) is 0 Å². The number of nitrogens with zero attached hydrogens (tertiary/aromatic N) is 1. The van der Waals surface area contributed by atoms with Gasteiger partial charge in [0.1, 0.15) is 17.3 Å². The van der Waals surface area contributed by atoms with Gasteiger partial charge in [0.2, 0.25) is 0 Å². The number of aliphatic imine (C=N–C) groups is 1. The van der Waals surface area contributed by atoms with Crippen LogP contribution in [-0.2, 0) is 0 Å². The predicted molar refractivity (Wildman–Crippen MR) is 96.4 cm³/mol. The highest BCUT2D eigenvalue weighted by atomic mass is 32.1. The molecule has 1 N–H and O–H groups in total. The molecule has 0 bridgehead atoms. The Balaban J connectivity index is 0.000000745. The largest absolute Gasteiger partial charge is 0.497 e. The standard InChI is InChI=1S/C16H15NO2.CH5NS/c1-12(19-13-7-5-4-6-8-13)15-10-9-14(18-3)11-16(15)17-2;1-2-3/h4-11H,1-2H2,3H3;2-3H,1H3. The number of ether oxygens (including phenoxy) is 2. The molecule has 0 saturated carbocycles. The first-order valence-electron chi connectivity index (χ1n) is 6.54. The lowest BCUT2D eigenvalue weighted by Gasteiger charge is -2.11. The zero-order valence-corrected chi connectivity index (χ0v) is 13.6. The van der Waals surface area contributed by atoms with Gasteiger partial charge in [0, 0.05) is 11.6 Å². The average molecular weight is 316 g/mol. The molecule has 0 spiro atoms. The van der Waals surface area contributed by atoms with E-state index in [-0.39, 0.29) is 0 Å². The number of hydrogen-bond donors (Lipinski definition) is 2. The summed E-state index contributed by atoms with van der Waals surface area (Å²) in [6.07, 6.45) is 0. The summed E-state index contributed by atoms with van der Waals surface area (Å²) >= 11 is 3.54. The molecule has 0 fully saturated rings. The number of rotatable bonds is 5. The van der Waals surface area contributed by atoms with E-state index in [1.54, 1.807) is 20.2 Å². The molecular formula is C17H20N2O2S. The number of para-hydroxylation sites is 1. The van der Waals surface area contributed by atoms with Crippen LogP contribution in [0.1, 0.15) is 5.56 Å². The maximum absolute atomic E-state index is 5.69. The summed E-state index contributed by atoms with van der Waals surface area (Å²) in [6.45, 7) is 7.49. The van der Waals surface area contributed by atoms with Gasteiger partial charge in [-0.05, 0) is 38.0 Å². The van der Waals surface area contributed by atoms with Gasteiger partial charge in [0.05, 0.1) is 12.8 Å². The monoisotopic (exact) mass is 316 g/mol. The Labute approximate surface area is 137 Å². The Morgan fingerprint density at radius 3 is 2.32 bits per heavy atom. The van der Waals surface area contributed by atoms with Crippen molar-refractivity contribution in [3.05, 3.63) is 60.7 Å². The van der Waals surface area contributed by atoms with Crippen molar-refractivity contribution >= 4 is 31.0 Å². The van der Waals surface area contributed by atoms with Crippen molar-refractivity contribution in [3.8, 4) is 11.5 Å². The Kier molecular flexibility index (Phi) is 7.81. The zero-order valence-electron chi connectivity index (χ0n) is 12.7. The Morgan fingerprint density at radius 2 is 1.77 bits per heavy atom. The number of methoxy groups -OCH3 is 1. The SMILES string of the molecule is C=Nc1cc(OC)ccc1C(=C)Oc1ccccc1.CNS. The van der Waals surface area contributed by atoms with Crippen LogP contribution in [0.25, 0.3) is 5.76 Å². The fourth-order valence-electron chi connectivity index (χ4n) is 1.69. The molecule has 0 amide bonds. The molecule has 2 rings (SSSR count). The number of hydrogen-bond acceptors (Lipinski definition) is 5. The molecule has 116 valence electrons. The second-order valence-electron chi connectivity index (χ2n) is 4.10. The molecular weight excluding hydrogens is 296 g/mol. The maximum atomic E-state index is 5.69. The van der Waals surface area contributed by atoms with E-state index in [9.17, 15) is 0 Å². The van der Waals surface area contributed by atoms with Crippen molar-refractivity contribution in [1.82, 2.24) is 4.72 Å². The lowest BCUT2D eigenvalue weighted by molar-refractivity contribution is 0.415. The van der Waals surface area contributed by atoms with Crippen molar-refractivity contribution in [2.24, 2.45) is 4.99 Å². The second kappa shape index (κ2) is 9.65. The van der Waals surface area contributed by atoms with E-state index in [0.29, 0.717) is 11.4 Å². The third-order valence-electron chi connectivity index (χ3n) is 2.66. The van der Waals surface area contributed by atoms with E-state index in [2.05, 4.69) is 35.8 Å². The van der Waals surface area contributed by atoms with Gasteiger partial charge in [-0.3, -0.25) is 9.71 Å². The summed E-state index contributed by atoms with van der Waals surface area (Å²) in [6, 6.07) is 15.0. The van der Waals surface area contributed by atoms with Gasteiger partial charge in [0.15, 0.2) is 0 Å². The minimum Gasteiger partial charge on any atom is -0.497 e. The Morgan fingerprint density at radius 1 is 1.14 bits per heavy atom. The number of nitrogens with one attached hydrogen (secondary N) is 1. The van der Waals surface area contributed by atoms with Gasteiger partial charge in [-0.1, -0.05) is 37.6 Å². The van der Waals surface area contributed by atoms with Crippen molar-refractivity contribution in [3.63, 3.8) is 0 Å². The zero-order chi connectivity index (χ0) is 16.4. The highest BCUT2D eigenvalue weighted by Gasteiger charge is 2.08. The molecule has 2 aromatic rings. The summed E-state index contributed by atoms with van der Waals surface area (Å²) in [5.41, 5.74) is 1.47. The molecule has 5 heteroatoms. The van der Waals surface area contributed by atoms with Crippen LogP contribution in [0.4, 0.5) is 5.69 Å². The van der Waals surface area contributed by atoms with Crippen LogP contribution in [-0.4, -0.2) is 20.9 Å². The molecule has 0 aliphatic carbocycles. The molecule has 4 nitrogen and oxygen atoms in total. The normalized spacial score (nSPS) is 9.23. The van der Waals surface area contributed by atoms with Crippen LogP contribution in [0.3, 0.4) is 0 Å². The summed E-state index contributed by atoms with van der Waals surface area (Å²) < 4.78 is 13.3. The third-order valence-corrected chi connectivity index (χ3v) is 2.66. The smallest absolute Gasteiger partial charge is 0.129 e. The minimum absolute atomic E-state index is 0.524. The highest BCUT2D eigenvalue weighted by Crippen LogP contribution is 2.30. The second-order valence-corrected chi connectivity index (χ2v) is 4.55. The topological polar surface area (TPSA) is 42.9 Å². The summed E-state index contributed by atoms with van der Waals surface area (Å²) in [4.78, 5) is 3.97. The Bertz CT molecular complexity index is 615.